The molecule has 0 aliphatic carbocycles. The molecular weight excluding hydrogens is 212 g/mol. The van der Waals surface area contributed by atoms with Crippen molar-refractivity contribution in [1.82, 2.24) is 10.2 Å². The van der Waals surface area contributed by atoms with Crippen LogP contribution in [0, 0.1) is 5.41 Å². The summed E-state index contributed by atoms with van der Waals surface area (Å²) >= 11 is 0. The van der Waals surface area contributed by atoms with Crippen molar-refractivity contribution < 1.29 is 5.11 Å². The van der Waals surface area contributed by atoms with Crippen molar-refractivity contribution in [2.75, 3.05) is 26.2 Å². The van der Waals surface area contributed by atoms with Crippen molar-refractivity contribution in [2.24, 2.45) is 5.41 Å². The van der Waals surface area contributed by atoms with Crippen LogP contribution < -0.4 is 5.32 Å². The highest BCUT2D eigenvalue weighted by Gasteiger charge is 2.44. The normalized spacial score (nSPS) is 27.7. The van der Waals surface area contributed by atoms with Gasteiger partial charge in [0.15, 0.2) is 0 Å². The van der Waals surface area contributed by atoms with Gasteiger partial charge in [0.05, 0.1) is 6.61 Å². The quantitative estimate of drug-likeness (QED) is 0.812. The first-order valence-electron chi connectivity index (χ1n) is 6.12. The molecule has 17 heavy (non-hydrogen) atoms. The molecule has 2 aliphatic heterocycles. The van der Waals surface area contributed by atoms with E-state index in [0.717, 1.165) is 26.2 Å². The first kappa shape index (κ1) is 10.8. The molecule has 0 amide bonds. The highest BCUT2D eigenvalue weighted by molar-refractivity contribution is 5.28. The SMILES string of the molecule is OCC12CNC=C1CN(Cc1ccccc1)C2. The largest absolute Gasteiger partial charge is 0.395 e. The van der Waals surface area contributed by atoms with E-state index in [2.05, 4.69) is 40.7 Å². The van der Waals surface area contributed by atoms with Crippen LogP contribution in [0.4, 0.5) is 0 Å². The predicted molar refractivity (Wildman–Crippen MR) is 67.3 cm³/mol. The average Bonchev–Trinajstić information content (AvgIpc) is 2.87. The Balaban J connectivity index is 1.72. The highest BCUT2D eigenvalue weighted by Crippen LogP contribution is 2.37. The van der Waals surface area contributed by atoms with E-state index in [1.54, 1.807) is 0 Å². The fourth-order valence-electron chi connectivity index (χ4n) is 2.89. The smallest absolute Gasteiger partial charge is 0.0555 e. The highest BCUT2D eigenvalue weighted by atomic mass is 16.3. The molecule has 1 fully saturated rings. The van der Waals surface area contributed by atoms with Crippen molar-refractivity contribution >= 4 is 0 Å². The van der Waals surface area contributed by atoms with E-state index < -0.39 is 0 Å². The fraction of sp³-hybridized carbons (Fsp3) is 0.429. The zero-order valence-corrected chi connectivity index (χ0v) is 9.89. The van der Waals surface area contributed by atoms with Crippen molar-refractivity contribution in [1.29, 1.82) is 0 Å². The van der Waals surface area contributed by atoms with Crippen molar-refractivity contribution in [3.05, 3.63) is 47.7 Å². The molecule has 2 heterocycles. The van der Waals surface area contributed by atoms with E-state index >= 15 is 0 Å². The number of nitrogens with zero attached hydrogens (tertiary/aromatic N) is 1. The third kappa shape index (κ3) is 1.85. The van der Waals surface area contributed by atoms with Crippen LogP contribution in [0.1, 0.15) is 5.56 Å². The van der Waals surface area contributed by atoms with Crippen molar-refractivity contribution in [2.45, 2.75) is 6.54 Å². The zero-order valence-electron chi connectivity index (χ0n) is 9.89. The molecule has 0 radical (unpaired) electrons. The Morgan fingerprint density at radius 1 is 1.29 bits per heavy atom. The summed E-state index contributed by atoms with van der Waals surface area (Å²) < 4.78 is 0. The molecule has 1 unspecified atom stereocenters. The first-order chi connectivity index (χ1) is 8.32. The summed E-state index contributed by atoms with van der Waals surface area (Å²) in [5, 5.41) is 12.9. The molecule has 1 saturated heterocycles. The number of fused-ring (bicyclic) bond motifs is 1. The Labute approximate surface area is 102 Å². The van der Waals surface area contributed by atoms with E-state index in [1.165, 1.54) is 11.1 Å². The summed E-state index contributed by atoms with van der Waals surface area (Å²) in [6, 6.07) is 10.5. The van der Waals surface area contributed by atoms with Gasteiger partial charge in [0.1, 0.15) is 0 Å². The number of nitrogens with one attached hydrogen (secondary N) is 1. The van der Waals surface area contributed by atoms with Crippen LogP contribution in [-0.2, 0) is 6.54 Å². The van der Waals surface area contributed by atoms with Crippen molar-refractivity contribution in [3.8, 4) is 0 Å². The Morgan fingerprint density at radius 3 is 2.82 bits per heavy atom. The molecule has 1 aromatic rings. The van der Waals surface area contributed by atoms with Gasteiger partial charge in [0, 0.05) is 31.6 Å². The van der Waals surface area contributed by atoms with Gasteiger partial charge < -0.3 is 10.4 Å². The molecule has 0 spiro atoms. The summed E-state index contributed by atoms with van der Waals surface area (Å²) in [5.74, 6) is 0. The number of likely N-dealkylation sites (tertiary alicyclic amines) is 1. The Hall–Kier alpha value is -1.32. The molecule has 2 aliphatic rings. The summed E-state index contributed by atoms with van der Waals surface area (Å²) in [6.07, 6.45) is 2.08. The minimum Gasteiger partial charge on any atom is -0.395 e. The molecule has 3 heteroatoms. The number of benzene rings is 1. The lowest BCUT2D eigenvalue weighted by Crippen LogP contribution is -2.35. The lowest BCUT2D eigenvalue weighted by Gasteiger charge is -2.24. The average molecular weight is 230 g/mol. The van der Waals surface area contributed by atoms with E-state index in [0.29, 0.717) is 0 Å². The van der Waals surface area contributed by atoms with Gasteiger partial charge in [-0.05, 0) is 17.3 Å². The van der Waals surface area contributed by atoms with Crippen LogP contribution in [0.15, 0.2) is 42.1 Å². The fourth-order valence-corrected chi connectivity index (χ4v) is 2.89. The number of hydrogen-bond donors (Lipinski definition) is 2. The number of hydrogen-bond acceptors (Lipinski definition) is 3. The standard InChI is InChI=1S/C14H18N2O/c17-11-14-9-15-6-13(14)8-16(10-14)7-12-4-2-1-3-5-12/h1-6,15,17H,7-11H2. The summed E-state index contributed by atoms with van der Waals surface area (Å²) in [7, 11) is 0. The second kappa shape index (κ2) is 4.17. The van der Waals surface area contributed by atoms with Gasteiger partial charge in [0.25, 0.3) is 0 Å². The summed E-state index contributed by atoms with van der Waals surface area (Å²) in [4.78, 5) is 2.41. The minimum atomic E-state index is -0.0191. The molecule has 2 N–H and O–H groups in total. The molecule has 0 bridgehead atoms. The molecule has 3 nitrogen and oxygen atoms in total. The predicted octanol–water partition coefficient (Wildman–Crippen LogP) is 0.968. The van der Waals surface area contributed by atoms with Gasteiger partial charge >= 0.3 is 0 Å². The van der Waals surface area contributed by atoms with Gasteiger partial charge in [-0.25, -0.2) is 0 Å². The Bertz CT molecular complexity index is 429. The molecular formula is C14H18N2O. The third-order valence-corrected chi connectivity index (χ3v) is 3.87. The first-order valence-corrected chi connectivity index (χ1v) is 6.12. The molecule has 90 valence electrons. The maximum Gasteiger partial charge on any atom is 0.0555 e. The van der Waals surface area contributed by atoms with Crippen LogP contribution >= 0.6 is 0 Å². The van der Waals surface area contributed by atoms with Crippen molar-refractivity contribution in [3.63, 3.8) is 0 Å². The van der Waals surface area contributed by atoms with Crippen LogP contribution in [0.25, 0.3) is 0 Å². The third-order valence-electron chi connectivity index (χ3n) is 3.87. The molecule has 0 aromatic heterocycles. The zero-order chi connectivity index (χ0) is 11.7. The molecule has 3 rings (SSSR count). The number of rotatable bonds is 3. The second-order valence-electron chi connectivity index (χ2n) is 5.12. The van der Waals surface area contributed by atoms with Gasteiger partial charge in [-0.15, -0.1) is 0 Å². The van der Waals surface area contributed by atoms with Crippen LogP contribution in [0.3, 0.4) is 0 Å². The summed E-state index contributed by atoms with van der Waals surface area (Å²) in [6.45, 7) is 4.03. The van der Waals surface area contributed by atoms with E-state index in [-0.39, 0.29) is 12.0 Å². The maximum absolute atomic E-state index is 9.60. The molecule has 0 saturated carbocycles. The minimum absolute atomic E-state index is 0.0191. The second-order valence-corrected chi connectivity index (χ2v) is 5.12. The molecule has 1 atom stereocenters. The van der Waals surface area contributed by atoms with Gasteiger partial charge in [-0.1, -0.05) is 30.3 Å². The van der Waals surface area contributed by atoms with Crippen LogP contribution in [0.2, 0.25) is 0 Å². The topological polar surface area (TPSA) is 35.5 Å². The monoisotopic (exact) mass is 230 g/mol. The lowest BCUT2D eigenvalue weighted by atomic mass is 9.86. The van der Waals surface area contributed by atoms with E-state index in [9.17, 15) is 5.11 Å². The number of aliphatic hydroxyl groups excluding tert-OH is 1. The Kier molecular flexibility index (Phi) is 2.65. The molecule has 1 aromatic carbocycles. The number of aliphatic hydroxyl groups is 1. The van der Waals surface area contributed by atoms with E-state index in [4.69, 9.17) is 0 Å². The van der Waals surface area contributed by atoms with E-state index in [1.807, 2.05) is 6.07 Å². The van der Waals surface area contributed by atoms with Gasteiger partial charge in [-0.2, -0.15) is 0 Å². The van der Waals surface area contributed by atoms with Crippen LogP contribution in [-0.4, -0.2) is 36.2 Å². The van der Waals surface area contributed by atoms with Gasteiger partial charge in [-0.3, -0.25) is 4.90 Å². The van der Waals surface area contributed by atoms with Gasteiger partial charge in [0.2, 0.25) is 0 Å². The Morgan fingerprint density at radius 2 is 2.12 bits per heavy atom. The summed E-state index contributed by atoms with van der Waals surface area (Å²) in [5.41, 5.74) is 2.68. The lowest BCUT2D eigenvalue weighted by molar-refractivity contribution is 0.154. The van der Waals surface area contributed by atoms with Crippen LogP contribution in [0.5, 0.6) is 0 Å². The maximum atomic E-state index is 9.60.